The van der Waals surface area contributed by atoms with E-state index in [0.29, 0.717) is 11.7 Å². The van der Waals surface area contributed by atoms with Crippen LogP contribution in [0.4, 0.5) is 11.5 Å². The van der Waals surface area contributed by atoms with Crippen molar-refractivity contribution < 1.29 is 4.79 Å². The molecule has 1 unspecified atom stereocenters. The van der Waals surface area contributed by atoms with Gasteiger partial charge in [-0.15, -0.1) is 0 Å². The minimum atomic E-state index is -0.450. The van der Waals surface area contributed by atoms with E-state index in [-0.39, 0.29) is 5.91 Å². The number of pyridine rings is 2. The third kappa shape index (κ3) is 4.37. The highest BCUT2D eigenvalue weighted by Crippen LogP contribution is 2.39. The Morgan fingerprint density at radius 3 is 2.50 bits per heavy atom. The van der Waals surface area contributed by atoms with Crippen LogP contribution in [0.15, 0.2) is 79.4 Å². The molecule has 7 heteroatoms. The molecular formula is C25H24N6O. The van der Waals surface area contributed by atoms with Crippen molar-refractivity contribution in [2.45, 2.75) is 31.7 Å². The summed E-state index contributed by atoms with van der Waals surface area (Å²) in [7, 11) is 0. The van der Waals surface area contributed by atoms with Gasteiger partial charge >= 0.3 is 0 Å². The fraction of sp³-hybridized carbons (Fsp3) is 0.200. The van der Waals surface area contributed by atoms with Crippen LogP contribution in [0.1, 0.15) is 31.5 Å². The highest BCUT2D eigenvalue weighted by Gasteiger charge is 2.28. The molecule has 0 saturated heterocycles. The molecule has 7 nitrogen and oxygen atoms in total. The average Bonchev–Trinajstić information content (AvgIpc) is 3.57. The summed E-state index contributed by atoms with van der Waals surface area (Å²) < 4.78 is 2.03. The van der Waals surface area contributed by atoms with E-state index >= 15 is 0 Å². The largest absolute Gasteiger partial charge is 0.373 e. The Kier molecular flexibility index (Phi) is 5.37. The van der Waals surface area contributed by atoms with Crippen molar-refractivity contribution in [2.75, 3.05) is 10.6 Å². The van der Waals surface area contributed by atoms with Crippen LogP contribution in [0, 0.1) is 0 Å². The lowest BCUT2D eigenvalue weighted by Gasteiger charge is -2.15. The third-order valence-electron chi connectivity index (χ3n) is 5.50. The van der Waals surface area contributed by atoms with Crippen LogP contribution in [0.25, 0.3) is 16.9 Å². The van der Waals surface area contributed by atoms with Crippen LogP contribution in [-0.4, -0.2) is 31.5 Å². The summed E-state index contributed by atoms with van der Waals surface area (Å²) in [6.45, 7) is 1.81. The summed E-state index contributed by atoms with van der Waals surface area (Å²) in [5.41, 5.74) is 2.87. The summed E-state index contributed by atoms with van der Waals surface area (Å²) in [5.74, 6) is 2.79. The zero-order chi connectivity index (χ0) is 21.9. The van der Waals surface area contributed by atoms with Gasteiger partial charge in [0.2, 0.25) is 5.91 Å². The van der Waals surface area contributed by atoms with Gasteiger partial charge in [-0.05, 0) is 49.6 Å². The molecule has 1 saturated carbocycles. The number of aromatic nitrogens is 4. The van der Waals surface area contributed by atoms with Crippen molar-refractivity contribution in [2.24, 2.45) is 0 Å². The van der Waals surface area contributed by atoms with Crippen LogP contribution in [0.5, 0.6) is 0 Å². The summed E-state index contributed by atoms with van der Waals surface area (Å²) in [5, 5.41) is 6.05. The first kappa shape index (κ1) is 19.9. The first-order valence-electron chi connectivity index (χ1n) is 10.8. The molecule has 2 N–H and O–H groups in total. The molecule has 3 heterocycles. The summed E-state index contributed by atoms with van der Waals surface area (Å²) in [6, 6.07) is 17.2. The number of anilines is 2. The molecule has 0 bridgehead atoms. The lowest BCUT2D eigenvalue weighted by atomic mass is 10.1. The van der Waals surface area contributed by atoms with Crippen LogP contribution in [0.2, 0.25) is 0 Å². The number of amides is 1. The molecule has 0 aliphatic heterocycles. The molecule has 4 aromatic rings. The predicted molar refractivity (Wildman–Crippen MR) is 125 cm³/mol. The number of rotatable bonds is 7. The number of nitrogens with one attached hydrogen (secondary N) is 2. The molecule has 0 spiro atoms. The maximum absolute atomic E-state index is 12.6. The first-order valence-corrected chi connectivity index (χ1v) is 10.8. The van der Waals surface area contributed by atoms with Crippen molar-refractivity contribution in [3.63, 3.8) is 0 Å². The lowest BCUT2D eigenvalue weighted by Crippen LogP contribution is -2.32. The third-order valence-corrected chi connectivity index (χ3v) is 5.50. The summed E-state index contributed by atoms with van der Waals surface area (Å²) in [4.78, 5) is 26.0. The van der Waals surface area contributed by atoms with Gasteiger partial charge in [-0.2, -0.15) is 0 Å². The maximum atomic E-state index is 12.6. The van der Waals surface area contributed by atoms with Crippen molar-refractivity contribution in [1.82, 2.24) is 19.5 Å². The normalized spacial score (nSPS) is 14.0. The zero-order valence-electron chi connectivity index (χ0n) is 17.8. The van der Waals surface area contributed by atoms with Crippen molar-refractivity contribution in [3.05, 3.63) is 85.2 Å². The number of hydrogen-bond acceptors (Lipinski definition) is 5. The molecular weight excluding hydrogens is 400 g/mol. The molecule has 1 aliphatic rings. The molecule has 0 radical (unpaired) electrons. The van der Waals surface area contributed by atoms with Crippen LogP contribution in [-0.2, 0) is 4.79 Å². The Morgan fingerprint density at radius 1 is 0.969 bits per heavy atom. The topological polar surface area (TPSA) is 84.7 Å². The van der Waals surface area contributed by atoms with E-state index in [9.17, 15) is 4.79 Å². The fourth-order valence-electron chi connectivity index (χ4n) is 3.59. The van der Waals surface area contributed by atoms with Crippen molar-refractivity contribution >= 4 is 17.4 Å². The molecule has 1 amide bonds. The van der Waals surface area contributed by atoms with Gasteiger partial charge in [-0.1, -0.05) is 30.3 Å². The zero-order valence-corrected chi connectivity index (χ0v) is 17.8. The molecule has 1 fully saturated rings. The number of carbonyl (C=O) groups is 1. The van der Waals surface area contributed by atoms with E-state index in [4.69, 9.17) is 0 Å². The second-order valence-electron chi connectivity index (χ2n) is 7.99. The Bertz CT molecular complexity index is 1200. The number of benzene rings is 1. The minimum absolute atomic E-state index is 0.167. The van der Waals surface area contributed by atoms with Gasteiger partial charge in [0.1, 0.15) is 23.5 Å². The highest BCUT2D eigenvalue weighted by atomic mass is 16.2. The first-order chi connectivity index (χ1) is 15.7. The van der Waals surface area contributed by atoms with Gasteiger partial charge in [-0.25, -0.2) is 15.0 Å². The highest BCUT2D eigenvalue weighted by molar-refractivity contribution is 5.95. The molecule has 160 valence electrons. The molecule has 1 aliphatic carbocycles. The molecule has 5 rings (SSSR count). The smallest absolute Gasteiger partial charge is 0.247 e. The predicted octanol–water partition coefficient (Wildman–Crippen LogP) is 4.65. The van der Waals surface area contributed by atoms with E-state index in [0.717, 1.165) is 28.5 Å². The van der Waals surface area contributed by atoms with Crippen LogP contribution >= 0.6 is 0 Å². The Labute approximate surface area is 186 Å². The van der Waals surface area contributed by atoms with E-state index in [1.54, 1.807) is 12.4 Å². The Balaban J connectivity index is 1.20. The van der Waals surface area contributed by atoms with Gasteiger partial charge in [0.25, 0.3) is 0 Å². The number of imidazole rings is 1. The fourth-order valence-corrected chi connectivity index (χ4v) is 3.59. The summed E-state index contributed by atoms with van der Waals surface area (Å²) >= 11 is 0. The minimum Gasteiger partial charge on any atom is -0.373 e. The number of nitrogens with zero attached hydrogens (tertiary/aromatic N) is 4. The van der Waals surface area contributed by atoms with Gasteiger partial charge in [0, 0.05) is 30.1 Å². The second-order valence-corrected chi connectivity index (χ2v) is 7.99. The quantitative estimate of drug-likeness (QED) is 0.451. The standard InChI is InChI=1S/C25H24N6O/c1-17(25(32)30-22-11-9-20(15-27-22)18-5-3-2-4-6-18)29-21-10-12-23(28-16-21)31-14-13-26-24(31)19-7-8-19/h2-6,9-17,19,29H,7-8H2,1H3,(H,27,30,32). The van der Waals surface area contributed by atoms with E-state index < -0.39 is 6.04 Å². The van der Waals surface area contributed by atoms with Crippen LogP contribution < -0.4 is 10.6 Å². The van der Waals surface area contributed by atoms with Gasteiger partial charge in [0.15, 0.2) is 0 Å². The molecule has 3 aromatic heterocycles. The Hall–Kier alpha value is -4.00. The molecule has 1 atom stereocenters. The maximum Gasteiger partial charge on any atom is 0.247 e. The van der Waals surface area contributed by atoms with Gasteiger partial charge < -0.3 is 10.6 Å². The van der Waals surface area contributed by atoms with Crippen molar-refractivity contribution in [3.8, 4) is 16.9 Å². The number of carbonyl (C=O) groups excluding carboxylic acids is 1. The second kappa shape index (κ2) is 8.63. The molecule has 32 heavy (non-hydrogen) atoms. The Morgan fingerprint density at radius 2 is 1.81 bits per heavy atom. The van der Waals surface area contributed by atoms with Crippen molar-refractivity contribution in [1.29, 1.82) is 0 Å². The monoisotopic (exact) mass is 424 g/mol. The SMILES string of the molecule is CC(Nc1ccc(-n2ccnc2C2CC2)nc1)C(=O)Nc1ccc(-c2ccccc2)cn1. The number of hydrogen-bond donors (Lipinski definition) is 2. The van der Waals surface area contributed by atoms with Gasteiger partial charge in [0.05, 0.1) is 11.9 Å². The lowest BCUT2D eigenvalue weighted by molar-refractivity contribution is -0.116. The molecule has 1 aromatic carbocycles. The van der Waals surface area contributed by atoms with Gasteiger partial charge in [-0.3, -0.25) is 9.36 Å². The van der Waals surface area contributed by atoms with E-state index in [2.05, 4.69) is 25.6 Å². The average molecular weight is 425 g/mol. The van der Waals surface area contributed by atoms with E-state index in [1.165, 1.54) is 12.8 Å². The van der Waals surface area contributed by atoms with Crippen LogP contribution in [0.3, 0.4) is 0 Å². The van der Waals surface area contributed by atoms with E-state index in [1.807, 2.05) is 78.5 Å². The summed E-state index contributed by atoms with van der Waals surface area (Å²) in [6.07, 6.45) is 9.63.